The molecule has 0 spiro atoms. The van der Waals surface area contributed by atoms with Crippen molar-refractivity contribution in [2.45, 2.75) is 26.2 Å². The predicted octanol–water partition coefficient (Wildman–Crippen LogP) is 3.20. The molecule has 2 rings (SSSR count). The average molecular weight is 243 g/mol. The van der Waals surface area contributed by atoms with Gasteiger partial charge in [-0.05, 0) is 30.2 Å². The molecule has 0 saturated heterocycles. The summed E-state index contributed by atoms with van der Waals surface area (Å²) >= 11 is 0. The lowest BCUT2D eigenvalue weighted by Gasteiger charge is -2.09. The highest BCUT2D eigenvalue weighted by molar-refractivity contribution is 5.35. The van der Waals surface area contributed by atoms with Crippen LogP contribution in [0.2, 0.25) is 0 Å². The molecule has 0 unspecified atom stereocenters. The van der Waals surface area contributed by atoms with E-state index in [1.54, 1.807) is 16.8 Å². The molecule has 0 amide bonds. The smallest absolute Gasteiger partial charge is 0.125 e. The predicted molar refractivity (Wildman–Crippen MR) is 66.9 cm³/mol. The molecule has 0 aliphatic heterocycles. The third kappa shape index (κ3) is 2.40. The van der Waals surface area contributed by atoms with Crippen LogP contribution in [0.4, 0.5) is 4.39 Å². The topological polar surface area (TPSA) is 41.6 Å². The molecule has 1 aromatic heterocycles. The Morgan fingerprint density at radius 1 is 1.39 bits per heavy atom. The van der Waals surface area contributed by atoms with Crippen LogP contribution < -0.4 is 0 Å². The van der Waals surface area contributed by atoms with Crippen LogP contribution in [0.1, 0.15) is 31.2 Å². The van der Waals surface area contributed by atoms with Gasteiger partial charge in [-0.15, -0.1) is 0 Å². The first-order valence-corrected chi connectivity index (χ1v) is 5.83. The van der Waals surface area contributed by atoms with Crippen molar-refractivity contribution in [3.8, 4) is 11.8 Å². The molecule has 0 aliphatic carbocycles. The average Bonchev–Trinajstić information content (AvgIpc) is 2.74. The van der Waals surface area contributed by atoms with Gasteiger partial charge >= 0.3 is 0 Å². The minimum Gasteiger partial charge on any atom is -0.237 e. The van der Waals surface area contributed by atoms with E-state index < -0.39 is 0 Å². The van der Waals surface area contributed by atoms with E-state index in [0.29, 0.717) is 11.4 Å². The van der Waals surface area contributed by atoms with Crippen molar-refractivity contribution >= 4 is 0 Å². The Balaban J connectivity index is 2.52. The van der Waals surface area contributed by atoms with Crippen molar-refractivity contribution in [1.29, 1.82) is 5.26 Å². The highest BCUT2D eigenvalue weighted by Gasteiger charge is 2.12. The number of nitriles is 1. The van der Waals surface area contributed by atoms with E-state index in [-0.39, 0.29) is 18.2 Å². The van der Waals surface area contributed by atoms with Crippen LogP contribution in [0.15, 0.2) is 30.3 Å². The van der Waals surface area contributed by atoms with Crippen molar-refractivity contribution < 1.29 is 4.39 Å². The SMILES string of the molecule is CC(C)c1cc(CC#N)nn1-c1cccc(F)c1. The molecular formula is C14H14FN3. The maximum Gasteiger partial charge on any atom is 0.125 e. The number of rotatable bonds is 3. The van der Waals surface area contributed by atoms with E-state index in [9.17, 15) is 4.39 Å². The monoisotopic (exact) mass is 243 g/mol. The van der Waals surface area contributed by atoms with Gasteiger partial charge in [0.2, 0.25) is 0 Å². The van der Waals surface area contributed by atoms with Gasteiger partial charge in [0.05, 0.1) is 23.9 Å². The molecule has 3 nitrogen and oxygen atoms in total. The Morgan fingerprint density at radius 3 is 2.78 bits per heavy atom. The molecule has 0 atom stereocenters. The number of nitrogens with zero attached hydrogens (tertiary/aromatic N) is 3. The number of halogens is 1. The molecule has 4 heteroatoms. The molecule has 0 N–H and O–H groups in total. The fourth-order valence-corrected chi connectivity index (χ4v) is 1.84. The Morgan fingerprint density at radius 2 is 2.17 bits per heavy atom. The molecule has 2 aromatic rings. The molecule has 0 fully saturated rings. The Kier molecular flexibility index (Phi) is 3.42. The van der Waals surface area contributed by atoms with Crippen molar-refractivity contribution in [2.24, 2.45) is 0 Å². The molecule has 0 radical (unpaired) electrons. The maximum absolute atomic E-state index is 13.2. The first-order valence-electron chi connectivity index (χ1n) is 5.83. The third-order valence-corrected chi connectivity index (χ3v) is 2.69. The minimum atomic E-state index is -0.292. The number of benzene rings is 1. The standard InChI is InChI=1S/C14H14FN3/c1-10(2)14-9-12(6-7-16)17-18(14)13-5-3-4-11(15)8-13/h3-5,8-10H,6H2,1-2H3. The molecule has 18 heavy (non-hydrogen) atoms. The zero-order valence-electron chi connectivity index (χ0n) is 10.4. The van der Waals surface area contributed by atoms with Gasteiger partial charge in [-0.3, -0.25) is 0 Å². The second-order valence-electron chi connectivity index (χ2n) is 4.44. The van der Waals surface area contributed by atoms with Crippen molar-refractivity contribution in [1.82, 2.24) is 9.78 Å². The maximum atomic E-state index is 13.2. The van der Waals surface area contributed by atoms with Crippen molar-refractivity contribution in [3.05, 3.63) is 47.5 Å². The summed E-state index contributed by atoms with van der Waals surface area (Å²) in [4.78, 5) is 0. The first-order chi connectivity index (χ1) is 8.61. The second-order valence-corrected chi connectivity index (χ2v) is 4.44. The van der Waals surface area contributed by atoms with E-state index in [1.165, 1.54) is 12.1 Å². The van der Waals surface area contributed by atoms with Gasteiger partial charge in [0.25, 0.3) is 0 Å². The van der Waals surface area contributed by atoms with E-state index in [1.807, 2.05) is 19.9 Å². The van der Waals surface area contributed by atoms with Crippen molar-refractivity contribution in [3.63, 3.8) is 0 Å². The molecule has 1 aromatic carbocycles. The van der Waals surface area contributed by atoms with E-state index in [4.69, 9.17) is 5.26 Å². The Bertz CT molecular complexity index is 593. The summed E-state index contributed by atoms with van der Waals surface area (Å²) in [7, 11) is 0. The molecule has 0 saturated carbocycles. The van der Waals surface area contributed by atoms with Crippen LogP contribution in [0.3, 0.4) is 0 Å². The molecule has 92 valence electrons. The Hall–Kier alpha value is -2.15. The van der Waals surface area contributed by atoms with Gasteiger partial charge in [0.1, 0.15) is 5.82 Å². The quantitative estimate of drug-likeness (QED) is 0.830. The summed E-state index contributed by atoms with van der Waals surface area (Å²) < 4.78 is 15.0. The van der Waals surface area contributed by atoms with Crippen molar-refractivity contribution in [2.75, 3.05) is 0 Å². The van der Waals surface area contributed by atoms with Crippen LogP contribution in [0, 0.1) is 17.1 Å². The highest BCUT2D eigenvalue weighted by Crippen LogP contribution is 2.21. The van der Waals surface area contributed by atoms with E-state index in [0.717, 1.165) is 5.69 Å². The molecule has 0 aliphatic rings. The summed E-state index contributed by atoms with van der Waals surface area (Å²) in [5, 5.41) is 13.1. The van der Waals surface area contributed by atoms with Crippen LogP contribution in [-0.2, 0) is 6.42 Å². The fraction of sp³-hybridized carbons (Fsp3) is 0.286. The molecule has 1 heterocycles. The third-order valence-electron chi connectivity index (χ3n) is 2.69. The van der Waals surface area contributed by atoms with Gasteiger partial charge in [0, 0.05) is 5.69 Å². The second kappa shape index (κ2) is 5.01. The lowest BCUT2D eigenvalue weighted by Crippen LogP contribution is -2.04. The lowest BCUT2D eigenvalue weighted by atomic mass is 10.1. The van der Waals surface area contributed by atoms with E-state index >= 15 is 0 Å². The van der Waals surface area contributed by atoms with Gasteiger partial charge in [-0.25, -0.2) is 9.07 Å². The normalized spacial score (nSPS) is 10.6. The van der Waals surface area contributed by atoms with Gasteiger partial charge in [-0.2, -0.15) is 10.4 Å². The number of hydrogen-bond donors (Lipinski definition) is 0. The lowest BCUT2D eigenvalue weighted by molar-refractivity contribution is 0.623. The number of aromatic nitrogens is 2. The Labute approximate surface area is 105 Å². The summed E-state index contributed by atoms with van der Waals surface area (Å²) in [6.07, 6.45) is 0.266. The van der Waals surface area contributed by atoms with Crippen LogP contribution in [-0.4, -0.2) is 9.78 Å². The first kappa shape index (κ1) is 12.3. The molecule has 0 bridgehead atoms. The van der Waals surface area contributed by atoms with E-state index in [2.05, 4.69) is 11.2 Å². The number of hydrogen-bond acceptors (Lipinski definition) is 2. The van der Waals surface area contributed by atoms with Gasteiger partial charge in [0.15, 0.2) is 0 Å². The summed E-state index contributed by atoms with van der Waals surface area (Å²) in [6.45, 7) is 4.09. The van der Waals surface area contributed by atoms with Gasteiger partial charge < -0.3 is 0 Å². The zero-order valence-corrected chi connectivity index (χ0v) is 10.4. The fourth-order valence-electron chi connectivity index (χ4n) is 1.84. The van der Waals surface area contributed by atoms with Crippen LogP contribution >= 0.6 is 0 Å². The van der Waals surface area contributed by atoms with Gasteiger partial charge in [-0.1, -0.05) is 19.9 Å². The molecular weight excluding hydrogens is 229 g/mol. The largest absolute Gasteiger partial charge is 0.237 e. The summed E-state index contributed by atoms with van der Waals surface area (Å²) in [6, 6.07) is 10.3. The zero-order chi connectivity index (χ0) is 13.1. The van der Waals surface area contributed by atoms with Crippen LogP contribution in [0.5, 0.6) is 0 Å². The van der Waals surface area contributed by atoms with Crippen LogP contribution in [0.25, 0.3) is 5.69 Å². The highest BCUT2D eigenvalue weighted by atomic mass is 19.1. The summed E-state index contributed by atoms with van der Waals surface area (Å²) in [5.41, 5.74) is 2.37. The minimum absolute atomic E-state index is 0.258. The summed E-state index contributed by atoms with van der Waals surface area (Å²) in [5.74, 6) is -0.0345.